The van der Waals surface area contributed by atoms with Gasteiger partial charge in [0.2, 0.25) is 5.91 Å². The van der Waals surface area contributed by atoms with E-state index in [1.807, 2.05) is 30.9 Å². The van der Waals surface area contributed by atoms with E-state index in [0.29, 0.717) is 13.1 Å². The van der Waals surface area contributed by atoms with Gasteiger partial charge in [0.25, 0.3) is 0 Å². The Morgan fingerprint density at radius 3 is 2.81 bits per heavy atom. The molecule has 1 aliphatic rings. The fraction of sp³-hybridized carbons (Fsp3) is 0.500. The first-order valence-corrected chi connectivity index (χ1v) is 7.40. The summed E-state index contributed by atoms with van der Waals surface area (Å²) in [4.78, 5) is 27.4. The molecule has 3 amide bonds. The second-order valence-corrected chi connectivity index (χ2v) is 5.40. The van der Waals surface area contributed by atoms with Gasteiger partial charge in [-0.05, 0) is 31.4 Å². The third-order valence-corrected chi connectivity index (χ3v) is 3.96. The normalized spacial score (nSPS) is 17.1. The van der Waals surface area contributed by atoms with E-state index in [-0.39, 0.29) is 24.5 Å². The molecule has 2 rings (SSSR count). The van der Waals surface area contributed by atoms with Crippen molar-refractivity contribution in [1.29, 1.82) is 0 Å². The summed E-state index contributed by atoms with van der Waals surface area (Å²) in [6, 6.07) is 8.08. The van der Waals surface area contributed by atoms with Gasteiger partial charge < -0.3 is 15.1 Å². The summed E-state index contributed by atoms with van der Waals surface area (Å²) in [5, 5.41) is 2.70. The predicted molar refractivity (Wildman–Crippen MR) is 82.0 cm³/mol. The molecule has 0 bridgehead atoms. The molecule has 0 saturated heterocycles. The lowest BCUT2D eigenvalue weighted by Gasteiger charge is -2.36. The van der Waals surface area contributed by atoms with Crippen molar-refractivity contribution >= 4 is 11.9 Å². The third-order valence-electron chi connectivity index (χ3n) is 3.96. The molecule has 0 radical (unpaired) electrons. The number of benzene rings is 1. The molecule has 5 heteroatoms. The average molecular weight is 289 g/mol. The highest BCUT2D eigenvalue weighted by Crippen LogP contribution is 2.29. The predicted octanol–water partition coefficient (Wildman–Crippen LogP) is 1.79. The molecule has 0 spiro atoms. The molecule has 1 aromatic carbocycles. The van der Waals surface area contributed by atoms with E-state index in [0.717, 1.165) is 6.42 Å². The summed E-state index contributed by atoms with van der Waals surface area (Å²) < 4.78 is 0. The number of nitrogens with one attached hydrogen (secondary N) is 1. The van der Waals surface area contributed by atoms with E-state index in [1.165, 1.54) is 16.0 Å². The first-order chi connectivity index (χ1) is 10.0. The zero-order chi connectivity index (χ0) is 15.4. The van der Waals surface area contributed by atoms with Crippen LogP contribution in [0.4, 0.5) is 4.79 Å². The van der Waals surface area contributed by atoms with Crippen molar-refractivity contribution in [2.24, 2.45) is 0 Å². The van der Waals surface area contributed by atoms with Crippen molar-refractivity contribution in [2.45, 2.75) is 26.3 Å². The van der Waals surface area contributed by atoms with Gasteiger partial charge in [0, 0.05) is 20.1 Å². The summed E-state index contributed by atoms with van der Waals surface area (Å²) in [6.45, 7) is 5.28. The fourth-order valence-electron chi connectivity index (χ4n) is 2.76. The van der Waals surface area contributed by atoms with Crippen molar-refractivity contribution in [3.05, 3.63) is 35.4 Å². The standard InChI is InChI=1S/C16H23N3O2/c1-4-17-16(21)18(3)11-15(20)19-10-9-13-7-5-6-8-14(13)12(19)2/h5-8,12H,4,9-11H2,1-3H3,(H,17,21). The van der Waals surface area contributed by atoms with Crippen LogP contribution in [-0.4, -0.2) is 48.4 Å². The topological polar surface area (TPSA) is 52.7 Å². The molecule has 21 heavy (non-hydrogen) atoms. The number of hydrogen-bond donors (Lipinski definition) is 1. The smallest absolute Gasteiger partial charge is 0.317 e. The van der Waals surface area contributed by atoms with E-state index in [4.69, 9.17) is 0 Å². The number of carbonyl (C=O) groups is 2. The van der Waals surface area contributed by atoms with Crippen LogP contribution in [0.5, 0.6) is 0 Å². The summed E-state index contributed by atoms with van der Waals surface area (Å²) in [7, 11) is 1.64. The van der Waals surface area contributed by atoms with E-state index in [2.05, 4.69) is 17.4 Å². The van der Waals surface area contributed by atoms with Crippen LogP contribution in [0, 0.1) is 0 Å². The van der Waals surface area contributed by atoms with Crippen LogP contribution in [0.15, 0.2) is 24.3 Å². The highest BCUT2D eigenvalue weighted by Gasteiger charge is 2.28. The van der Waals surface area contributed by atoms with Crippen LogP contribution in [0.25, 0.3) is 0 Å². The highest BCUT2D eigenvalue weighted by molar-refractivity contribution is 5.84. The second-order valence-electron chi connectivity index (χ2n) is 5.40. The number of amides is 3. The first kappa shape index (κ1) is 15.4. The Labute approximate surface area is 125 Å². The SMILES string of the molecule is CCNC(=O)N(C)CC(=O)N1CCc2ccccc2C1C. The number of nitrogens with zero attached hydrogens (tertiary/aromatic N) is 2. The van der Waals surface area contributed by atoms with Crippen LogP contribution in [-0.2, 0) is 11.2 Å². The van der Waals surface area contributed by atoms with Gasteiger partial charge in [-0.15, -0.1) is 0 Å². The highest BCUT2D eigenvalue weighted by atomic mass is 16.2. The molecule has 0 fully saturated rings. The van der Waals surface area contributed by atoms with Gasteiger partial charge in [-0.1, -0.05) is 24.3 Å². The van der Waals surface area contributed by atoms with Gasteiger partial charge in [0.1, 0.15) is 6.54 Å². The third kappa shape index (κ3) is 3.35. The van der Waals surface area contributed by atoms with Crippen molar-refractivity contribution in [2.75, 3.05) is 26.7 Å². The van der Waals surface area contributed by atoms with E-state index >= 15 is 0 Å². The largest absolute Gasteiger partial charge is 0.338 e. The molecule has 0 aliphatic carbocycles. The summed E-state index contributed by atoms with van der Waals surface area (Å²) in [5.41, 5.74) is 2.52. The van der Waals surface area contributed by atoms with Crippen molar-refractivity contribution in [3.8, 4) is 0 Å². The minimum absolute atomic E-state index is 0.00856. The van der Waals surface area contributed by atoms with Crippen LogP contribution in [0.2, 0.25) is 0 Å². The Balaban J connectivity index is 2.03. The van der Waals surface area contributed by atoms with Gasteiger partial charge in [-0.25, -0.2) is 4.79 Å². The van der Waals surface area contributed by atoms with E-state index in [9.17, 15) is 9.59 Å². The van der Waals surface area contributed by atoms with Crippen LogP contribution in [0.1, 0.15) is 31.0 Å². The Hall–Kier alpha value is -2.04. The maximum absolute atomic E-state index is 12.4. The number of carbonyl (C=O) groups excluding carboxylic acids is 2. The summed E-state index contributed by atoms with van der Waals surface area (Å²) in [5.74, 6) is -0.00856. The lowest BCUT2D eigenvalue weighted by atomic mass is 9.93. The minimum Gasteiger partial charge on any atom is -0.338 e. The van der Waals surface area contributed by atoms with E-state index < -0.39 is 0 Å². The van der Waals surface area contributed by atoms with Crippen LogP contribution >= 0.6 is 0 Å². The lowest BCUT2D eigenvalue weighted by molar-refractivity contribution is -0.134. The average Bonchev–Trinajstić information content (AvgIpc) is 2.48. The first-order valence-electron chi connectivity index (χ1n) is 7.40. The molecular formula is C16H23N3O2. The zero-order valence-electron chi connectivity index (χ0n) is 12.9. The van der Waals surface area contributed by atoms with Crippen molar-refractivity contribution in [1.82, 2.24) is 15.1 Å². The lowest BCUT2D eigenvalue weighted by Crippen LogP contribution is -2.47. The van der Waals surface area contributed by atoms with Gasteiger partial charge >= 0.3 is 6.03 Å². The van der Waals surface area contributed by atoms with Gasteiger partial charge in [0.15, 0.2) is 0 Å². The Morgan fingerprint density at radius 1 is 1.38 bits per heavy atom. The number of likely N-dealkylation sites (N-methyl/N-ethyl adjacent to an activating group) is 1. The summed E-state index contributed by atoms with van der Waals surface area (Å²) >= 11 is 0. The van der Waals surface area contributed by atoms with E-state index in [1.54, 1.807) is 7.05 Å². The molecule has 1 atom stereocenters. The fourth-order valence-corrected chi connectivity index (χ4v) is 2.76. The number of hydrogen-bond acceptors (Lipinski definition) is 2. The molecule has 1 aliphatic heterocycles. The van der Waals surface area contributed by atoms with Crippen molar-refractivity contribution in [3.63, 3.8) is 0 Å². The molecule has 0 saturated carbocycles. The number of urea groups is 1. The Bertz CT molecular complexity index is 530. The molecule has 1 N–H and O–H groups in total. The molecule has 114 valence electrons. The zero-order valence-corrected chi connectivity index (χ0v) is 12.9. The van der Waals surface area contributed by atoms with Crippen LogP contribution < -0.4 is 5.32 Å². The molecule has 0 aromatic heterocycles. The maximum atomic E-state index is 12.4. The van der Waals surface area contributed by atoms with Gasteiger partial charge in [-0.2, -0.15) is 0 Å². The molecule has 5 nitrogen and oxygen atoms in total. The van der Waals surface area contributed by atoms with Crippen molar-refractivity contribution < 1.29 is 9.59 Å². The number of fused-ring (bicyclic) bond motifs is 1. The number of rotatable bonds is 3. The summed E-state index contributed by atoms with van der Waals surface area (Å²) in [6.07, 6.45) is 0.872. The molecule has 1 unspecified atom stereocenters. The second kappa shape index (κ2) is 6.61. The molecule has 1 aromatic rings. The minimum atomic E-state index is -0.212. The monoisotopic (exact) mass is 289 g/mol. The van der Waals surface area contributed by atoms with Gasteiger partial charge in [0.05, 0.1) is 6.04 Å². The molecular weight excluding hydrogens is 266 g/mol. The van der Waals surface area contributed by atoms with Crippen LogP contribution in [0.3, 0.4) is 0 Å². The van der Waals surface area contributed by atoms with Gasteiger partial charge in [-0.3, -0.25) is 4.79 Å². The quantitative estimate of drug-likeness (QED) is 0.922. The maximum Gasteiger partial charge on any atom is 0.317 e. The Kier molecular flexibility index (Phi) is 4.83. The Morgan fingerprint density at radius 2 is 2.10 bits per heavy atom. The molecule has 1 heterocycles.